The van der Waals surface area contributed by atoms with Crippen LogP contribution in [0.4, 0.5) is 0 Å². The van der Waals surface area contributed by atoms with Gasteiger partial charge in [-0.1, -0.05) is 82.8 Å². The van der Waals surface area contributed by atoms with Crippen LogP contribution in [0.25, 0.3) is 11.8 Å². The van der Waals surface area contributed by atoms with E-state index in [1.165, 1.54) is 13.8 Å². The highest BCUT2D eigenvalue weighted by Gasteiger charge is 2.39. The highest BCUT2D eigenvalue weighted by atomic mass is 17.2. The summed E-state index contributed by atoms with van der Waals surface area (Å²) in [7, 11) is 0. The monoisotopic (exact) mass is 466 g/mol. The van der Waals surface area contributed by atoms with Crippen LogP contribution in [-0.2, 0) is 28.9 Å². The van der Waals surface area contributed by atoms with E-state index in [9.17, 15) is 14.4 Å². The topological polar surface area (TPSA) is 78.9 Å². The predicted molar refractivity (Wildman–Crippen MR) is 134 cm³/mol. The summed E-state index contributed by atoms with van der Waals surface area (Å²) in [6.07, 6.45) is 5.83. The van der Waals surface area contributed by atoms with Crippen LogP contribution in [0, 0.1) is 5.41 Å². The van der Waals surface area contributed by atoms with Crippen LogP contribution in [0.2, 0.25) is 0 Å². The van der Waals surface area contributed by atoms with Crippen LogP contribution in [-0.4, -0.2) is 17.9 Å². The van der Waals surface area contributed by atoms with E-state index in [0.717, 1.165) is 12.8 Å². The molecule has 0 fully saturated rings. The molecule has 0 aromatic heterocycles. The molecule has 0 saturated carbocycles. The standard InChI is InChI=1S/C28H34O6/c1-9-12-18-28(8,17-10-2)23(27(31)34-33-26(30)20(6)7)24(32-25(29)19(4)5)22-16-14-13-15-21(22)11-3/h10-11,13-16H,2-4,6,9,12,17-18H2,1,5,7-8H3/b24-23-. The summed E-state index contributed by atoms with van der Waals surface area (Å²) >= 11 is 0. The molecular formula is C28H34O6. The first-order valence-electron chi connectivity index (χ1n) is 11.1. The van der Waals surface area contributed by atoms with Gasteiger partial charge in [-0.3, -0.25) is 0 Å². The lowest BCUT2D eigenvalue weighted by atomic mass is 9.73. The smallest absolute Gasteiger partial charge is 0.386 e. The van der Waals surface area contributed by atoms with Crippen molar-refractivity contribution in [1.82, 2.24) is 0 Å². The molecule has 0 heterocycles. The van der Waals surface area contributed by atoms with Crippen LogP contribution < -0.4 is 0 Å². The number of hydrogen-bond donors (Lipinski definition) is 0. The molecule has 0 aliphatic rings. The molecule has 0 radical (unpaired) electrons. The Morgan fingerprint density at radius 3 is 2.09 bits per heavy atom. The van der Waals surface area contributed by atoms with Crippen LogP contribution in [0.15, 0.2) is 73.4 Å². The Morgan fingerprint density at radius 2 is 1.56 bits per heavy atom. The van der Waals surface area contributed by atoms with Gasteiger partial charge in [0.25, 0.3) is 0 Å². The highest BCUT2D eigenvalue weighted by Crippen LogP contribution is 2.43. The molecule has 0 amide bonds. The number of benzene rings is 1. The molecule has 0 bridgehead atoms. The molecule has 0 aliphatic heterocycles. The number of carbonyl (C=O) groups is 3. The van der Waals surface area contributed by atoms with Gasteiger partial charge in [0.2, 0.25) is 0 Å². The van der Waals surface area contributed by atoms with Crippen molar-refractivity contribution in [3.8, 4) is 0 Å². The fourth-order valence-corrected chi connectivity index (χ4v) is 3.32. The van der Waals surface area contributed by atoms with E-state index in [2.05, 4.69) is 26.3 Å². The molecule has 1 aromatic carbocycles. The largest absolute Gasteiger partial charge is 0.422 e. The van der Waals surface area contributed by atoms with E-state index >= 15 is 0 Å². The number of allylic oxidation sites excluding steroid dienone is 1. The van der Waals surface area contributed by atoms with Gasteiger partial charge in [0.05, 0.1) is 5.57 Å². The summed E-state index contributed by atoms with van der Waals surface area (Å²) in [5.41, 5.74) is 0.478. The molecule has 34 heavy (non-hydrogen) atoms. The van der Waals surface area contributed by atoms with Crippen LogP contribution in [0.1, 0.15) is 64.5 Å². The van der Waals surface area contributed by atoms with Crippen molar-refractivity contribution in [1.29, 1.82) is 0 Å². The number of ether oxygens (including phenoxy) is 1. The van der Waals surface area contributed by atoms with E-state index in [-0.39, 0.29) is 22.5 Å². The lowest BCUT2D eigenvalue weighted by Crippen LogP contribution is -2.29. The SMILES string of the molecule is C=CCC(C)(CCCC)/C(C(=O)OOC(=O)C(=C)C)=C(\OC(=O)C(=C)C)c1ccccc1C=C. The average Bonchev–Trinajstić information content (AvgIpc) is 2.80. The highest BCUT2D eigenvalue weighted by molar-refractivity contribution is 6.02. The molecule has 1 aromatic rings. The van der Waals surface area contributed by atoms with Gasteiger partial charge in [0, 0.05) is 22.1 Å². The second-order valence-corrected chi connectivity index (χ2v) is 8.34. The number of rotatable bonds is 12. The van der Waals surface area contributed by atoms with Gasteiger partial charge in [0.1, 0.15) is 5.76 Å². The Balaban J connectivity index is 3.94. The number of unbranched alkanes of at least 4 members (excludes halogenated alkanes) is 1. The first-order valence-corrected chi connectivity index (χ1v) is 11.1. The van der Waals surface area contributed by atoms with Gasteiger partial charge in [-0.25, -0.2) is 24.2 Å². The van der Waals surface area contributed by atoms with Crippen molar-refractivity contribution in [3.63, 3.8) is 0 Å². The Morgan fingerprint density at radius 1 is 0.971 bits per heavy atom. The van der Waals surface area contributed by atoms with E-state index in [4.69, 9.17) is 14.5 Å². The quantitative estimate of drug-likeness (QED) is 0.0872. The van der Waals surface area contributed by atoms with E-state index < -0.39 is 23.3 Å². The second kappa shape index (κ2) is 13.1. The molecule has 0 N–H and O–H groups in total. The molecule has 6 heteroatoms. The maximum absolute atomic E-state index is 13.5. The van der Waals surface area contributed by atoms with Crippen LogP contribution in [0.3, 0.4) is 0 Å². The van der Waals surface area contributed by atoms with Crippen molar-refractivity contribution < 1.29 is 28.9 Å². The Hall–Kier alpha value is -3.67. The van der Waals surface area contributed by atoms with Crippen molar-refractivity contribution in [2.45, 2.75) is 53.4 Å². The first-order chi connectivity index (χ1) is 16.0. The Labute approximate surface area is 202 Å². The van der Waals surface area contributed by atoms with E-state index in [1.807, 2.05) is 13.8 Å². The summed E-state index contributed by atoms with van der Waals surface area (Å²) in [5, 5.41) is 0. The normalized spacial score (nSPS) is 12.9. The molecule has 182 valence electrons. The van der Waals surface area contributed by atoms with Crippen LogP contribution >= 0.6 is 0 Å². The van der Waals surface area contributed by atoms with Crippen molar-refractivity contribution >= 4 is 29.7 Å². The van der Waals surface area contributed by atoms with Crippen molar-refractivity contribution in [2.75, 3.05) is 0 Å². The third-order valence-electron chi connectivity index (χ3n) is 5.22. The van der Waals surface area contributed by atoms with Gasteiger partial charge < -0.3 is 4.74 Å². The maximum atomic E-state index is 13.5. The fourth-order valence-electron chi connectivity index (χ4n) is 3.32. The lowest BCUT2D eigenvalue weighted by molar-refractivity contribution is -0.253. The average molecular weight is 467 g/mol. The first kappa shape index (κ1) is 28.4. The molecule has 1 rings (SSSR count). The maximum Gasteiger partial charge on any atom is 0.386 e. The van der Waals surface area contributed by atoms with E-state index in [0.29, 0.717) is 24.0 Å². The van der Waals surface area contributed by atoms with Gasteiger partial charge in [-0.15, -0.1) is 6.58 Å². The molecule has 0 saturated heterocycles. The minimum Gasteiger partial charge on any atom is -0.422 e. The molecule has 1 atom stereocenters. The molecule has 1 unspecified atom stereocenters. The number of hydrogen-bond acceptors (Lipinski definition) is 6. The number of esters is 1. The summed E-state index contributed by atoms with van der Waals surface area (Å²) in [6, 6.07) is 7.03. The lowest BCUT2D eigenvalue weighted by Gasteiger charge is -2.31. The molecule has 0 spiro atoms. The third-order valence-corrected chi connectivity index (χ3v) is 5.22. The van der Waals surface area contributed by atoms with Crippen molar-refractivity contribution in [2.24, 2.45) is 5.41 Å². The summed E-state index contributed by atoms with van der Waals surface area (Å²) in [4.78, 5) is 47.6. The zero-order valence-corrected chi connectivity index (χ0v) is 20.6. The van der Waals surface area contributed by atoms with Gasteiger partial charge in [0.15, 0.2) is 0 Å². The minimum absolute atomic E-state index is 0.0136. The van der Waals surface area contributed by atoms with Crippen LogP contribution in [0.5, 0.6) is 0 Å². The third kappa shape index (κ3) is 7.44. The van der Waals surface area contributed by atoms with E-state index in [1.54, 1.807) is 36.4 Å². The summed E-state index contributed by atoms with van der Waals surface area (Å²) in [5.74, 6) is -2.58. The van der Waals surface area contributed by atoms with Gasteiger partial charge in [-0.05, 0) is 32.3 Å². The van der Waals surface area contributed by atoms with Gasteiger partial charge in [-0.2, -0.15) is 0 Å². The number of carbonyl (C=O) groups excluding carboxylic acids is 3. The Kier molecular flexibility index (Phi) is 11.0. The molecular weight excluding hydrogens is 432 g/mol. The second-order valence-electron chi connectivity index (χ2n) is 8.34. The molecule has 0 aliphatic carbocycles. The minimum atomic E-state index is -0.960. The Bertz CT molecular complexity index is 1010. The zero-order valence-electron chi connectivity index (χ0n) is 20.6. The fraction of sp³-hybridized carbons (Fsp3) is 0.321. The zero-order chi connectivity index (χ0) is 25.9. The summed E-state index contributed by atoms with van der Waals surface area (Å²) < 4.78 is 5.75. The predicted octanol–water partition coefficient (Wildman–Crippen LogP) is 6.51. The van der Waals surface area contributed by atoms with Crippen molar-refractivity contribution in [3.05, 3.63) is 84.5 Å². The van der Waals surface area contributed by atoms with Gasteiger partial charge >= 0.3 is 17.9 Å². The summed E-state index contributed by atoms with van der Waals surface area (Å²) in [6.45, 7) is 21.6. The molecule has 6 nitrogen and oxygen atoms in total.